The molecule has 1 amide bonds. The number of nitrogens with two attached hydrogens (primary N) is 2. The number of carbonyl (C=O) groups excluding carboxylic acids is 1. The summed E-state index contributed by atoms with van der Waals surface area (Å²) < 4.78 is 0. The number of nitrogens with zero attached hydrogens (tertiary/aromatic N) is 1. The van der Waals surface area contributed by atoms with E-state index in [0.29, 0.717) is 12.5 Å². The molecule has 1 aliphatic heterocycles. The maximum atomic E-state index is 11.1. The van der Waals surface area contributed by atoms with E-state index < -0.39 is 0 Å². The molecule has 110 valence electrons. The van der Waals surface area contributed by atoms with Crippen LogP contribution in [0.15, 0.2) is 18.2 Å². The first-order valence-corrected chi connectivity index (χ1v) is 7.26. The zero-order chi connectivity index (χ0) is 14.7. The van der Waals surface area contributed by atoms with Gasteiger partial charge in [-0.15, -0.1) is 0 Å². The number of carbonyl (C=O) groups is 1. The molecule has 2 rings (SSSR count). The molecule has 1 aromatic rings. The van der Waals surface area contributed by atoms with E-state index in [-0.39, 0.29) is 11.9 Å². The average Bonchev–Trinajstić information content (AvgIpc) is 2.32. The Morgan fingerprint density at radius 1 is 1.30 bits per heavy atom. The molecule has 0 bridgehead atoms. The van der Waals surface area contributed by atoms with Gasteiger partial charge in [0.05, 0.1) is 6.54 Å². The van der Waals surface area contributed by atoms with Gasteiger partial charge in [0.25, 0.3) is 0 Å². The van der Waals surface area contributed by atoms with Gasteiger partial charge in [-0.25, -0.2) is 0 Å². The van der Waals surface area contributed by atoms with Crippen molar-refractivity contribution in [3.8, 4) is 0 Å². The maximum Gasteiger partial charge on any atom is 0.231 e. The molecule has 1 aromatic carbocycles. The van der Waals surface area contributed by atoms with Gasteiger partial charge < -0.3 is 11.5 Å². The number of piperidine rings is 1. The minimum atomic E-state index is -0.274. The van der Waals surface area contributed by atoms with Gasteiger partial charge in [-0.2, -0.15) is 0 Å². The Morgan fingerprint density at radius 2 is 2.05 bits per heavy atom. The molecule has 1 saturated heterocycles. The van der Waals surface area contributed by atoms with Crippen molar-refractivity contribution in [1.29, 1.82) is 0 Å². The molecule has 1 aliphatic rings. The van der Waals surface area contributed by atoms with Gasteiger partial charge in [0.1, 0.15) is 0 Å². The third kappa shape index (κ3) is 4.05. The van der Waals surface area contributed by atoms with Crippen LogP contribution < -0.4 is 11.5 Å². The molecule has 1 heterocycles. The molecular weight excluding hydrogens is 250 g/mol. The zero-order valence-electron chi connectivity index (χ0n) is 12.4. The Balaban J connectivity index is 2.00. The van der Waals surface area contributed by atoms with Gasteiger partial charge in [-0.1, -0.05) is 18.2 Å². The summed E-state index contributed by atoms with van der Waals surface area (Å²) in [6.07, 6.45) is 2.03. The highest BCUT2D eigenvalue weighted by molar-refractivity contribution is 5.75. The second-order valence-electron chi connectivity index (χ2n) is 6.14. The molecule has 2 atom stereocenters. The van der Waals surface area contributed by atoms with E-state index in [0.717, 1.165) is 25.9 Å². The molecule has 2 unspecified atom stereocenters. The first kappa shape index (κ1) is 15.0. The monoisotopic (exact) mass is 275 g/mol. The summed E-state index contributed by atoms with van der Waals surface area (Å²) in [6, 6.07) is 6.77. The first-order chi connectivity index (χ1) is 9.44. The van der Waals surface area contributed by atoms with Crippen LogP contribution in [0.2, 0.25) is 0 Å². The van der Waals surface area contributed by atoms with E-state index in [1.165, 1.54) is 16.7 Å². The summed E-state index contributed by atoms with van der Waals surface area (Å²) in [5, 5.41) is 0. The van der Waals surface area contributed by atoms with Crippen molar-refractivity contribution in [3.63, 3.8) is 0 Å². The van der Waals surface area contributed by atoms with Gasteiger partial charge in [0.2, 0.25) is 5.91 Å². The summed E-state index contributed by atoms with van der Waals surface area (Å²) in [5.74, 6) is 0.226. The van der Waals surface area contributed by atoms with Gasteiger partial charge >= 0.3 is 0 Å². The van der Waals surface area contributed by atoms with E-state index >= 15 is 0 Å². The van der Waals surface area contributed by atoms with Crippen LogP contribution in [0.5, 0.6) is 0 Å². The maximum absolute atomic E-state index is 11.1. The minimum absolute atomic E-state index is 0.139. The lowest BCUT2D eigenvalue weighted by molar-refractivity contribution is -0.119. The molecule has 4 nitrogen and oxygen atoms in total. The molecule has 0 spiro atoms. The number of amides is 1. The Bertz CT molecular complexity index is 487. The number of likely N-dealkylation sites (tertiary alicyclic amines) is 1. The van der Waals surface area contributed by atoms with Crippen LogP contribution in [0, 0.1) is 19.8 Å². The molecule has 0 saturated carbocycles. The lowest BCUT2D eigenvalue weighted by atomic mass is 9.88. The summed E-state index contributed by atoms with van der Waals surface area (Å²) >= 11 is 0. The normalized spacial score (nSPS) is 23.8. The lowest BCUT2D eigenvalue weighted by Gasteiger charge is -2.35. The van der Waals surface area contributed by atoms with Crippen molar-refractivity contribution >= 4 is 5.91 Å². The minimum Gasteiger partial charge on any atom is -0.369 e. The number of rotatable bonds is 4. The van der Waals surface area contributed by atoms with Crippen molar-refractivity contribution in [2.75, 3.05) is 19.6 Å². The SMILES string of the molecule is Cc1ccc(CC2CC(N)CN(CC(N)=O)C2)cc1C. The van der Waals surface area contributed by atoms with Crippen molar-refractivity contribution in [1.82, 2.24) is 4.90 Å². The van der Waals surface area contributed by atoms with E-state index in [9.17, 15) is 4.79 Å². The zero-order valence-corrected chi connectivity index (χ0v) is 12.4. The fraction of sp³-hybridized carbons (Fsp3) is 0.562. The van der Waals surface area contributed by atoms with Crippen LogP contribution in [0.4, 0.5) is 0 Å². The molecule has 20 heavy (non-hydrogen) atoms. The Morgan fingerprint density at radius 3 is 2.70 bits per heavy atom. The second kappa shape index (κ2) is 6.37. The van der Waals surface area contributed by atoms with Crippen LogP contribution in [-0.2, 0) is 11.2 Å². The van der Waals surface area contributed by atoms with E-state index in [4.69, 9.17) is 11.5 Å². The fourth-order valence-corrected chi connectivity index (χ4v) is 3.11. The predicted molar refractivity (Wildman–Crippen MR) is 81.3 cm³/mol. The summed E-state index contributed by atoms with van der Waals surface area (Å²) in [5.41, 5.74) is 15.4. The molecule has 0 radical (unpaired) electrons. The third-order valence-corrected chi connectivity index (χ3v) is 4.12. The Hall–Kier alpha value is -1.39. The number of hydrogen-bond acceptors (Lipinski definition) is 3. The summed E-state index contributed by atoms with van der Waals surface area (Å²) in [4.78, 5) is 13.1. The summed E-state index contributed by atoms with van der Waals surface area (Å²) in [6.45, 7) is 6.27. The molecule has 4 N–H and O–H groups in total. The Kier molecular flexibility index (Phi) is 4.78. The van der Waals surface area contributed by atoms with Crippen LogP contribution >= 0.6 is 0 Å². The quantitative estimate of drug-likeness (QED) is 0.860. The molecule has 0 aromatic heterocycles. The van der Waals surface area contributed by atoms with E-state index in [1.807, 2.05) is 0 Å². The molecule has 1 fully saturated rings. The largest absolute Gasteiger partial charge is 0.369 e. The number of hydrogen-bond donors (Lipinski definition) is 2. The van der Waals surface area contributed by atoms with Gasteiger partial charge in [-0.05, 0) is 49.3 Å². The van der Waals surface area contributed by atoms with Crippen molar-refractivity contribution < 1.29 is 4.79 Å². The topological polar surface area (TPSA) is 72.3 Å². The Labute approximate surface area is 121 Å². The highest BCUT2D eigenvalue weighted by atomic mass is 16.1. The van der Waals surface area contributed by atoms with Crippen molar-refractivity contribution in [2.45, 2.75) is 32.7 Å². The van der Waals surface area contributed by atoms with Gasteiger partial charge in [0.15, 0.2) is 0 Å². The fourth-order valence-electron chi connectivity index (χ4n) is 3.11. The summed E-state index contributed by atoms with van der Waals surface area (Å²) in [7, 11) is 0. The smallest absolute Gasteiger partial charge is 0.231 e. The highest BCUT2D eigenvalue weighted by Gasteiger charge is 2.25. The predicted octanol–water partition coefficient (Wildman–Crippen LogP) is 0.980. The number of aryl methyl sites for hydroxylation is 2. The van der Waals surface area contributed by atoms with E-state index in [2.05, 4.69) is 36.9 Å². The molecular formula is C16H25N3O. The van der Waals surface area contributed by atoms with Crippen LogP contribution in [0.1, 0.15) is 23.1 Å². The lowest BCUT2D eigenvalue weighted by Crippen LogP contribution is -2.49. The highest BCUT2D eigenvalue weighted by Crippen LogP contribution is 2.21. The number of primary amides is 1. The second-order valence-corrected chi connectivity index (χ2v) is 6.14. The number of benzene rings is 1. The third-order valence-electron chi connectivity index (χ3n) is 4.12. The van der Waals surface area contributed by atoms with E-state index in [1.54, 1.807) is 0 Å². The van der Waals surface area contributed by atoms with Crippen LogP contribution in [-0.4, -0.2) is 36.5 Å². The molecule has 0 aliphatic carbocycles. The van der Waals surface area contributed by atoms with Crippen LogP contribution in [0.3, 0.4) is 0 Å². The van der Waals surface area contributed by atoms with Crippen LogP contribution in [0.25, 0.3) is 0 Å². The van der Waals surface area contributed by atoms with Gasteiger partial charge in [0, 0.05) is 19.1 Å². The first-order valence-electron chi connectivity index (χ1n) is 7.26. The van der Waals surface area contributed by atoms with Crippen molar-refractivity contribution in [2.24, 2.45) is 17.4 Å². The average molecular weight is 275 g/mol. The van der Waals surface area contributed by atoms with Gasteiger partial charge in [-0.3, -0.25) is 9.69 Å². The standard InChI is InChI=1S/C16H25N3O/c1-11-3-4-13(5-12(11)2)6-14-7-15(17)9-19(8-14)10-16(18)20/h3-5,14-15H,6-10,17H2,1-2H3,(H2,18,20). The molecule has 4 heteroatoms. The van der Waals surface area contributed by atoms with Crippen molar-refractivity contribution in [3.05, 3.63) is 34.9 Å².